The van der Waals surface area contributed by atoms with Crippen LogP contribution >= 0.6 is 0 Å². The summed E-state index contributed by atoms with van der Waals surface area (Å²) in [5.74, 6) is 1.07. The van der Waals surface area contributed by atoms with Gasteiger partial charge in [-0.05, 0) is 6.08 Å². The molecule has 0 rings (SSSR count). The van der Waals surface area contributed by atoms with Crippen LogP contribution in [0.4, 0.5) is 0 Å². The monoisotopic (exact) mass is 213 g/mol. The molecule has 0 aliphatic carbocycles. The maximum atomic E-state index is 5.47. The van der Waals surface area contributed by atoms with E-state index in [2.05, 4.69) is 6.58 Å². The van der Waals surface area contributed by atoms with E-state index in [1.165, 1.54) is 13.3 Å². The van der Waals surface area contributed by atoms with Crippen molar-refractivity contribution in [1.29, 1.82) is 0 Å². The molecule has 2 N–H and O–H groups in total. The third kappa shape index (κ3) is 5.80. The first-order valence-corrected chi connectivity index (χ1v) is 4.70. The van der Waals surface area contributed by atoms with Crippen LogP contribution in [0.2, 0.25) is 0 Å². The molecule has 0 aromatic carbocycles. The minimum atomic E-state index is 0.493. The largest absolute Gasteiger partial charge is 0.491 e. The highest BCUT2D eigenvalue weighted by Gasteiger charge is 2.04. The Hall–Kier alpha value is -1.42. The van der Waals surface area contributed by atoms with Crippen LogP contribution in [0.1, 0.15) is 6.42 Å². The van der Waals surface area contributed by atoms with Gasteiger partial charge in [0.05, 0.1) is 13.7 Å². The van der Waals surface area contributed by atoms with Crippen molar-refractivity contribution in [3.63, 3.8) is 0 Å². The highest BCUT2D eigenvalue weighted by atomic mass is 16.5. The van der Waals surface area contributed by atoms with Crippen LogP contribution in [0.15, 0.2) is 36.4 Å². The van der Waals surface area contributed by atoms with E-state index in [0.717, 1.165) is 6.42 Å². The average molecular weight is 213 g/mol. The lowest BCUT2D eigenvalue weighted by molar-refractivity contribution is 0.134. The molecule has 0 saturated carbocycles. The van der Waals surface area contributed by atoms with Crippen molar-refractivity contribution in [2.45, 2.75) is 6.42 Å². The Labute approximate surface area is 91.0 Å². The molecular formula is C11H19NO3. The maximum absolute atomic E-state index is 5.47. The van der Waals surface area contributed by atoms with Crippen molar-refractivity contribution in [3.8, 4) is 0 Å². The Bertz CT molecular complexity index is 234. The van der Waals surface area contributed by atoms with Crippen molar-refractivity contribution in [1.82, 2.24) is 0 Å². The lowest BCUT2D eigenvalue weighted by atomic mass is 10.3. The molecule has 0 fully saturated rings. The fourth-order valence-electron chi connectivity index (χ4n) is 0.945. The number of hydrogen-bond donors (Lipinski definition) is 1. The Kier molecular flexibility index (Phi) is 8.28. The van der Waals surface area contributed by atoms with Crippen LogP contribution in [-0.2, 0) is 14.2 Å². The minimum Gasteiger partial charge on any atom is -0.491 e. The van der Waals surface area contributed by atoms with E-state index in [9.17, 15) is 0 Å². The first-order chi connectivity index (χ1) is 7.29. The van der Waals surface area contributed by atoms with E-state index in [1.807, 2.05) is 0 Å². The van der Waals surface area contributed by atoms with Gasteiger partial charge >= 0.3 is 0 Å². The van der Waals surface area contributed by atoms with Gasteiger partial charge in [0.25, 0.3) is 0 Å². The molecule has 0 aliphatic rings. The fourth-order valence-corrected chi connectivity index (χ4v) is 0.945. The summed E-state index contributed by atoms with van der Waals surface area (Å²) in [5, 5.41) is 0. The van der Waals surface area contributed by atoms with E-state index in [4.69, 9.17) is 19.9 Å². The molecule has 0 radical (unpaired) electrons. The second-order valence-electron chi connectivity index (χ2n) is 2.70. The molecular weight excluding hydrogens is 194 g/mol. The minimum absolute atomic E-state index is 0.493. The highest BCUT2D eigenvalue weighted by molar-refractivity contribution is 5.22. The zero-order chi connectivity index (χ0) is 11.5. The Morgan fingerprint density at radius 1 is 1.27 bits per heavy atom. The first-order valence-electron chi connectivity index (χ1n) is 4.70. The summed E-state index contributed by atoms with van der Waals surface area (Å²) in [7, 11) is 3.19. The number of nitrogens with two attached hydrogens (primary N) is 1. The predicted molar refractivity (Wildman–Crippen MR) is 60.0 cm³/mol. The average Bonchev–Trinajstić information content (AvgIpc) is 2.26. The third-order valence-corrected chi connectivity index (χ3v) is 1.63. The normalized spacial score (nSPS) is 12.4. The third-order valence-electron chi connectivity index (χ3n) is 1.63. The molecule has 0 heterocycles. The van der Waals surface area contributed by atoms with E-state index in [0.29, 0.717) is 24.7 Å². The second-order valence-corrected chi connectivity index (χ2v) is 2.70. The van der Waals surface area contributed by atoms with Crippen molar-refractivity contribution in [2.24, 2.45) is 5.73 Å². The summed E-state index contributed by atoms with van der Waals surface area (Å²) < 4.78 is 15.4. The molecule has 0 spiro atoms. The SMILES string of the molecule is C=C/C=C(OCCCOC)\C(=C/N)OC. The summed E-state index contributed by atoms with van der Waals surface area (Å²) in [6.07, 6.45) is 5.49. The molecule has 0 aromatic heterocycles. The van der Waals surface area contributed by atoms with Crippen LogP contribution in [0.5, 0.6) is 0 Å². The molecule has 0 unspecified atom stereocenters. The van der Waals surface area contributed by atoms with Gasteiger partial charge in [-0.15, -0.1) is 0 Å². The fraction of sp³-hybridized carbons (Fsp3) is 0.455. The lowest BCUT2D eigenvalue weighted by Gasteiger charge is -2.11. The van der Waals surface area contributed by atoms with Crippen molar-refractivity contribution in [2.75, 3.05) is 27.4 Å². The topological polar surface area (TPSA) is 53.7 Å². The van der Waals surface area contributed by atoms with E-state index >= 15 is 0 Å². The zero-order valence-electron chi connectivity index (χ0n) is 9.36. The van der Waals surface area contributed by atoms with Crippen LogP contribution in [0.3, 0.4) is 0 Å². The molecule has 0 atom stereocenters. The molecule has 0 amide bonds. The molecule has 86 valence electrons. The summed E-state index contributed by atoms with van der Waals surface area (Å²) in [6, 6.07) is 0. The summed E-state index contributed by atoms with van der Waals surface area (Å²) >= 11 is 0. The molecule has 4 nitrogen and oxygen atoms in total. The number of methoxy groups -OCH3 is 2. The van der Waals surface area contributed by atoms with Gasteiger partial charge in [0.1, 0.15) is 0 Å². The molecule has 0 aliphatic heterocycles. The van der Waals surface area contributed by atoms with Gasteiger partial charge in [-0.25, -0.2) is 0 Å². The number of hydrogen-bond acceptors (Lipinski definition) is 4. The Morgan fingerprint density at radius 3 is 2.47 bits per heavy atom. The smallest absolute Gasteiger partial charge is 0.176 e. The van der Waals surface area contributed by atoms with Crippen LogP contribution in [-0.4, -0.2) is 27.4 Å². The lowest BCUT2D eigenvalue weighted by Crippen LogP contribution is -2.04. The van der Waals surface area contributed by atoms with Gasteiger partial charge in [-0.1, -0.05) is 12.7 Å². The highest BCUT2D eigenvalue weighted by Crippen LogP contribution is 2.11. The first kappa shape index (κ1) is 13.6. The van der Waals surface area contributed by atoms with Gasteiger partial charge in [0.15, 0.2) is 11.5 Å². The van der Waals surface area contributed by atoms with Crippen LogP contribution in [0.25, 0.3) is 0 Å². The van der Waals surface area contributed by atoms with Crippen molar-refractivity contribution in [3.05, 3.63) is 36.4 Å². The maximum Gasteiger partial charge on any atom is 0.176 e. The Morgan fingerprint density at radius 2 is 2.00 bits per heavy atom. The van der Waals surface area contributed by atoms with Crippen LogP contribution < -0.4 is 5.73 Å². The molecule has 4 heteroatoms. The van der Waals surface area contributed by atoms with E-state index in [-0.39, 0.29) is 0 Å². The quantitative estimate of drug-likeness (QED) is 0.377. The molecule has 0 bridgehead atoms. The van der Waals surface area contributed by atoms with Crippen molar-refractivity contribution >= 4 is 0 Å². The molecule has 0 aromatic rings. The van der Waals surface area contributed by atoms with Gasteiger partial charge in [0, 0.05) is 26.3 Å². The molecule has 0 saturated heterocycles. The van der Waals surface area contributed by atoms with Gasteiger partial charge < -0.3 is 19.9 Å². The summed E-state index contributed by atoms with van der Waals surface area (Å²) in [6.45, 7) is 4.80. The predicted octanol–water partition coefficient (Wildman–Crippen LogP) is 1.56. The van der Waals surface area contributed by atoms with Gasteiger partial charge in [-0.2, -0.15) is 0 Å². The van der Waals surface area contributed by atoms with Gasteiger partial charge in [0.2, 0.25) is 0 Å². The second kappa shape index (κ2) is 9.15. The number of rotatable bonds is 8. The zero-order valence-corrected chi connectivity index (χ0v) is 9.36. The number of allylic oxidation sites excluding steroid dienone is 2. The summed E-state index contributed by atoms with van der Waals surface area (Å²) in [5.41, 5.74) is 5.38. The van der Waals surface area contributed by atoms with E-state index < -0.39 is 0 Å². The number of ether oxygens (including phenoxy) is 3. The Balaban J connectivity index is 4.17. The molecule has 15 heavy (non-hydrogen) atoms. The van der Waals surface area contributed by atoms with Crippen molar-refractivity contribution < 1.29 is 14.2 Å². The standard InChI is InChI=1S/C11H19NO3/c1-4-6-10(11(9-12)14-3)15-8-5-7-13-2/h4,6,9H,1,5,7-8,12H2,2-3H3/b10-6+,11-9+. The van der Waals surface area contributed by atoms with E-state index in [1.54, 1.807) is 19.3 Å². The van der Waals surface area contributed by atoms with Crippen LogP contribution in [0, 0.1) is 0 Å². The summed E-state index contributed by atoms with van der Waals surface area (Å²) in [4.78, 5) is 0. The van der Waals surface area contributed by atoms with Gasteiger partial charge in [-0.3, -0.25) is 0 Å².